The van der Waals surface area contributed by atoms with E-state index in [0.29, 0.717) is 5.92 Å². The molecular formula is C21H32O3. The average Bonchev–Trinajstić information content (AvgIpc) is 2.83. The summed E-state index contributed by atoms with van der Waals surface area (Å²) in [7, 11) is 0. The molecule has 0 heterocycles. The number of ether oxygens (including phenoxy) is 1. The molecule has 0 aromatic rings. The minimum atomic E-state index is -0.147. The number of rotatable bonds is 1. The van der Waals surface area contributed by atoms with E-state index in [1.54, 1.807) is 5.57 Å². The van der Waals surface area contributed by atoms with E-state index < -0.39 is 0 Å². The van der Waals surface area contributed by atoms with Crippen molar-refractivity contribution in [2.75, 3.05) is 0 Å². The molecule has 134 valence electrons. The SMILES string of the molecule is CC(=O)O[C@H]1CC[C@@]2(C)C(=CCC3C2CC[C@@]2(C)C3CC[C@@H]2O)C1. The highest BCUT2D eigenvalue weighted by Gasteiger charge is 2.58. The van der Waals surface area contributed by atoms with Crippen LogP contribution in [-0.2, 0) is 9.53 Å². The van der Waals surface area contributed by atoms with Crippen LogP contribution >= 0.6 is 0 Å². The molecule has 0 aromatic carbocycles. The predicted octanol–water partition coefficient (Wildman–Crippen LogP) is 4.24. The van der Waals surface area contributed by atoms with Gasteiger partial charge in [0.2, 0.25) is 0 Å². The fraction of sp³-hybridized carbons (Fsp3) is 0.857. The first-order valence-electron chi connectivity index (χ1n) is 9.89. The molecule has 0 bridgehead atoms. The third-order valence-corrected chi connectivity index (χ3v) is 8.34. The largest absolute Gasteiger partial charge is 0.462 e. The molecule has 3 heteroatoms. The monoisotopic (exact) mass is 332 g/mol. The van der Waals surface area contributed by atoms with Crippen LogP contribution in [0.3, 0.4) is 0 Å². The van der Waals surface area contributed by atoms with Crippen LogP contribution in [0.15, 0.2) is 11.6 Å². The molecule has 4 aliphatic rings. The lowest BCUT2D eigenvalue weighted by atomic mass is 9.48. The molecule has 0 saturated heterocycles. The fourth-order valence-electron chi connectivity index (χ4n) is 6.94. The minimum absolute atomic E-state index is 0.0838. The molecule has 3 nitrogen and oxygen atoms in total. The van der Waals surface area contributed by atoms with Crippen molar-refractivity contribution in [2.45, 2.75) is 84.3 Å². The number of allylic oxidation sites excluding steroid dienone is 1. The maximum absolute atomic E-state index is 11.3. The number of esters is 1. The number of carbonyl (C=O) groups is 1. The standard InChI is InChI=1S/C21H32O3/c1-13(22)24-15-8-10-20(2)14(12-15)4-5-16-17-6-7-19(23)21(17,3)11-9-18(16)20/h4,15-19,23H,5-12H2,1-3H3/t15-,16?,17?,18?,19-,20-,21-/m0/s1. The average molecular weight is 332 g/mol. The van der Waals surface area contributed by atoms with E-state index >= 15 is 0 Å². The molecule has 0 amide bonds. The van der Waals surface area contributed by atoms with Crippen molar-refractivity contribution in [1.82, 2.24) is 0 Å². The quantitative estimate of drug-likeness (QED) is 0.577. The highest BCUT2D eigenvalue weighted by atomic mass is 16.5. The van der Waals surface area contributed by atoms with Crippen molar-refractivity contribution < 1.29 is 14.6 Å². The summed E-state index contributed by atoms with van der Waals surface area (Å²) >= 11 is 0. The molecule has 24 heavy (non-hydrogen) atoms. The first kappa shape index (κ1) is 16.6. The van der Waals surface area contributed by atoms with Crippen molar-refractivity contribution in [3.63, 3.8) is 0 Å². The Morgan fingerprint density at radius 1 is 1.17 bits per heavy atom. The Morgan fingerprint density at radius 3 is 2.71 bits per heavy atom. The Hall–Kier alpha value is -0.830. The summed E-state index contributed by atoms with van der Waals surface area (Å²) < 4.78 is 5.51. The van der Waals surface area contributed by atoms with Gasteiger partial charge in [-0.3, -0.25) is 4.79 Å². The van der Waals surface area contributed by atoms with Gasteiger partial charge in [0, 0.05) is 13.3 Å². The van der Waals surface area contributed by atoms with Gasteiger partial charge in [0.1, 0.15) is 6.10 Å². The summed E-state index contributed by atoms with van der Waals surface area (Å²) in [6.07, 6.45) is 11.3. The van der Waals surface area contributed by atoms with Gasteiger partial charge in [-0.05, 0) is 73.5 Å². The lowest BCUT2D eigenvalue weighted by Crippen LogP contribution is -2.51. The molecule has 0 aromatic heterocycles. The van der Waals surface area contributed by atoms with Crippen molar-refractivity contribution in [3.8, 4) is 0 Å². The predicted molar refractivity (Wildman–Crippen MR) is 93.3 cm³/mol. The van der Waals surface area contributed by atoms with Crippen LogP contribution in [0.25, 0.3) is 0 Å². The van der Waals surface area contributed by atoms with E-state index in [-0.39, 0.29) is 29.0 Å². The Bertz CT molecular complexity index is 567. The fourth-order valence-corrected chi connectivity index (χ4v) is 6.94. The third kappa shape index (κ3) is 2.30. The third-order valence-electron chi connectivity index (χ3n) is 8.34. The van der Waals surface area contributed by atoms with E-state index in [0.717, 1.165) is 43.9 Å². The molecule has 4 rings (SSSR count). The van der Waals surface area contributed by atoms with Gasteiger partial charge in [0.15, 0.2) is 0 Å². The Balaban J connectivity index is 1.59. The second-order valence-electron chi connectivity index (χ2n) is 9.37. The van der Waals surface area contributed by atoms with Crippen molar-refractivity contribution >= 4 is 5.97 Å². The zero-order valence-electron chi connectivity index (χ0n) is 15.4. The maximum Gasteiger partial charge on any atom is 0.302 e. The van der Waals surface area contributed by atoms with Crippen molar-refractivity contribution in [1.29, 1.82) is 0 Å². The topological polar surface area (TPSA) is 46.5 Å². The van der Waals surface area contributed by atoms with E-state index in [4.69, 9.17) is 4.74 Å². The van der Waals surface area contributed by atoms with Crippen LogP contribution in [-0.4, -0.2) is 23.3 Å². The summed E-state index contributed by atoms with van der Waals surface area (Å²) in [5.41, 5.74) is 1.98. The lowest BCUT2D eigenvalue weighted by molar-refractivity contribution is -0.148. The number of hydrogen-bond donors (Lipinski definition) is 1. The van der Waals surface area contributed by atoms with Crippen LogP contribution in [0.2, 0.25) is 0 Å². The molecule has 0 radical (unpaired) electrons. The summed E-state index contributed by atoms with van der Waals surface area (Å²) in [6.45, 7) is 6.32. The van der Waals surface area contributed by atoms with Gasteiger partial charge < -0.3 is 9.84 Å². The Kier molecular flexibility index (Phi) is 3.87. The van der Waals surface area contributed by atoms with Gasteiger partial charge in [0.05, 0.1) is 6.10 Å². The zero-order chi connectivity index (χ0) is 17.1. The van der Waals surface area contributed by atoms with Crippen LogP contribution in [0.4, 0.5) is 0 Å². The van der Waals surface area contributed by atoms with Gasteiger partial charge in [-0.25, -0.2) is 0 Å². The van der Waals surface area contributed by atoms with E-state index in [9.17, 15) is 9.90 Å². The van der Waals surface area contributed by atoms with Crippen LogP contribution in [0.5, 0.6) is 0 Å². The lowest BCUT2D eigenvalue weighted by Gasteiger charge is -2.57. The van der Waals surface area contributed by atoms with Crippen LogP contribution < -0.4 is 0 Å². The molecule has 3 unspecified atom stereocenters. The minimum Gasteiger partial charge on any atom is -0.462 e. The zero-order valence-corrected chi connectivity index (χ0v) is 15.4. The summed E-state index contributed by atoms with van der Waals surface area (Å²) in [5.74, 6) is 2.03. The number of hydrogen-bond acceptors (Lipinski definition) is 3. The number of carbonyl (C=O) groups excluding carboxylic acids is 1. The first-order valence-corrected chi connectivity index (χ1v) is 9.89. The maximum atomic E-state index is 11.3. The molecule has 4 aliphatic carbocycles. The molecule has 0 aliphatic heterocycles. The van der Waals surface area contributed by atoms with Crippen LogP contribution in [0, 0.1) is 28.6 Å². The van der Waals surface area contributed by atoms with Gasteiger partial charge in [-0.2, -0.15) is 0 Å². The molecule has 3 saturated carbocycles. The molecule has 7 atom stereocenters. The Morgan fingerprint density at radius 2 is 1.96 bits per heavy atom. The number of aliphatic hydroxyl groups excluding tert-OH is 1. The van der Waals surface area contributed by atoms with Gasteiger partial charge in [0.25, 0.3) is 0 Å². The second-order valence-corrected chi connectivity index (χ2v) is 9.37. The smallest absolute Gasteiger partial charge is 0.302 e. The summed E-state index contributed by atoms with van der Waals surface area (Å²) in [6, 6.07) is 0. The highest BCUT2D eigenvalue weighted by Crippen LogP contribution is 2.64. The van der Waals surface area contributed by atoms with Crippen molar-refractivity contribution in [2.24, 2.45) is 28.6 Å². The first-order chi connectivity index (χ1) is 11.3. The van der Waals surface area contributed by atoms with Gasteiger partial charge in [-0.15, -0.1) is 0 Å². The number of aliphatic hydroxyl groups is 1. The summed E-state index contributed by atoms with van der Waals surface area (Å²) in [5, 5.41) is 10.5. The van der Waals surface area contributed by atoms with E-state index in [2.05, 4.69) is 19.9 Å². The van der Waals surface area contributed by atoms with Gasteiger partial charge >= 0.3 is 5.97 Å². The highest BCUT2D eigenvalue weighted by molar-refractivity contribution is 5.66. The summed E-state index contributed by atoms with van der Waals surface area (Å²) in [4.78, 5) is 11.3. The van der Waals surface area contributed by atoms with E-state index in [1.165, 1.54) is 26.2 Å². The molecule has 3 fully saturated rings. The van der Waals surface area contributed by atoms with E-state index in [1.807, 2.05) is 0 Å². The molecular weight excluding hydrogens is 300 g/mol. The normalized spacial score (nSPS) is 50.3. The Labute approximate surface area is 145 Å². The molecule has 1 N–H and O–H groups in total. The van der Waals surface area contributed by atoms with Crippen LogP contribution in [0.1, 0.15) is 72.1 Å². The second kappa shape index (κ2) is 5.59. The molecule has 0 spiro atoms. The van der Waals surface area contributed by atoms with Crippen molar-refractivity contribution in [3.05, 3.63) is 11.6 Å². The number of fused-ring (bicyclic) bond motifs is 5. The van der Waals surface area contributed by atoms with Gasteiger partial charge in [-0.1, -0.05) is 25.5 Å².